The molecule has 0 saturated heterocycles. The highest BCUT2D eigenvalue weighted by molar-refractivity contribution is 7.14. The molecular formula is C25H20Cl2N2O3S. The molecule has 1 amide bonds. The number of carbonyl (C=O) groups is 1. The molecule has 0 spiro atoms. The summed E-state index contributed by atoms with van der Waals surface area (Å²) in [5.74, 6) is 0.842. The SMILES string of the molecule is COc1cc(OC)cc(C(=O)N(Cc2ccccc2)c2nc(-c3ccc(Cl)cc3Cl)cs2)c1. The molecule has 0 radical (unpaired) electrons. The van der Waals surface area contributed by atoms with Crippen LogP contribution in [-0.4, -0.2) is 25.1 Å². The van der Waals surface area contributed by atoms with E-state index in [0.29, 0.717) is 44.5 Å². The number of rotatable bonds is 7. The minimum absolute atomic E-state index is 0.223. The van der Waals surface area contributed by atoms with Crippen LogP contribution in [0.25, 0.3) is 11.3 Å². The summed E-state index contributed by atoms with van der Waals surface area (Å²) in [6.45, 7) is 0.348. The van der Waals surface area contributed by atoms with Crippen molar-refractivity contribution in [2.75, 3.05) is 19.1 Å². The zero-order valence-electron chi connectivity index (χ0n) is 17.9. The molecule has 1 aromatic heterocycles. The van der Waals surface area contributed by atoms with E-state index in [1.807, 2.05) is 41.8 Å². The van der Waals surface area contributed by atoms with Gasteiger partial charge in [0.1, 0.15) is 11.5 Å². The van der Waals surface area contributed by atoms with E-state index < -0.39 is 0 Å². The van der Waals surface area contributed by atoms with Gasteiger partial charge in [0.05, 0.1) is 31.5 Å². The quantitative estimate of drug-likeness (QED) is 0.275. The van der Waals surface area contributed by atoms with Gasteiger partial charge in [-0.1, -0.05) is 53.5 Å². The van der Waals surface area contributed by atoms with Gasteiger partial charge in [-0.25, -0.2) is 4.98 Å². The summed E-state index contributed by atoms with van der Waals surface area (Å²) in [4.78, 5) is 20.1. The Morgan fingerprint density at radius 3 is 2.30 bits per heavy atom. The average molecular weight is 499 g/mol. The van der Waals surface area contributed by atoms with Gasteiger partial charge in [0, 0.05) is 27.6 Å². The maximum atomic E-state index is 13.7. The van der Waals surface area contributed by atoms with Gasteiger partial charge in [-0.2, -0.15) is 0 Å². The Morgan fingerprint density at radius 1 is 0.970 bits per heavy atom. The van der Waals surface area contributed by atoms with Crippen molar-refractivity contribution < 1.29 is 14.3 Å². The number of carbonyl (C=O) groups excluding carboxylic acids is 1. The fourth-order valence-corrected chi connectivity index (χ4v) is 4.62. The fourth-order valence-electron chi connectivity index (χ4n) is 3.29. The topological polar surface area (TPSA) is 51.7 Å². The van der Waals surface area contributed by atoms with Crippen LogP contribution in [0.5, 0.6) is 11.5 Å². The first-order valence-corrected chi connectivity index (χ1v) is 11.6. The Balaban J connectivity index is 1.75. The van der Waals surface area contributed by atoms with Crippen LogP contribution in [0.15, 0.2) is 72.1 Å². The molecule has 5 nitrogen and oxygen atoms in total. The number of thiazole rings is 1. The van der Waals surface area contributed by atoms with E-state index in [0.717, 1.165) is 11.1 Å². The second-order valence-electron chi connectivity index (χ2n) is 7.12. The number of aromatic nitrogens is 1. The van der Waals surface area contributed by atoms with Crippen molar-refractivity contribution in [3.05, 3.63) is 93.3 Å². The maximum Gasteiger partial charge on any atom is 0.260 e. The number of halogens is 2. The lowest BCUT2D eigenvalue weighted by molar-refractivity contribution is 0.0984. The first-order valence-electron chi connectivity index (χ1n) is 9.98. The van der Waals surface area contributed by atoms with E-state index in [4.69, 9.17) is 37.7 Å². The van der Waals surface area contributed by atoms with Crippen molar-refractivity contribution in [2.45, 2.75) is 6.54 Å². The van der Waals surface area contributed by atoms with Crippen LogP contribution in [0.1, 0.15) is 15.9 Å². The lowest BCUT2D eigenvalue weighted by atomic mass is 10.1. The van der Waals surface area contributed by atoms with E-state index in [1.165, 1.54) is 11.3 Å². The van der Waals surface area contributed by atoms with E-state index >= 15 is 0 Å². The van der Waals surface area contributed by atoms with Gasteiger partial charge in [-0.15, -0.1) is 11.3 Å². The third-order valence-corrected chi connectivity index (χ3v) is 6.37. The lowest BCUT2D eigenvalue weighted by Crippen LogP contribution is -2.30. The van der Waals surface area contributed by atoms with E-state index in [1.54, 1.807) is 49.5 Å². The Kier molecular flexibility index (Phi) is 7.18. The molecular weight excluding hydrogens is 479 g/mol. The van der Waals surface area contributed by atoms with Crippen molar-refractivity contribution in [2.24, 2.45) is 0 Å². The van der Waals surface area contributed by atoms with Gasteiger partial charge >= 0.3 is 0 Å². The number of hydrogen-bond donors (Lipinski definition) is 0. The minimum Gasteiger partial charge on any atom is -0.497 e. The second-order valence-corrected chi connectivity index (χ2v) is 8.80. The molecule has 3 aromatic carbocycles. The van der Waals surface area contributed by atoms with Crippen LogP contribution < -0.4 is 14.4 Å². The van der Waals surface area contributed by atoms with Gasteiger partial charge in [-0.3, -0.25) is 9.69 Å². The van der Waals surface area contributed by atoms with Crippen LogP contribution >= 0.6 is 34.5 Å². The number of anilines is 1. The lowest BCUT2D eigenvalue weighted by Gasteiger charge is -2.21. The third kappa shape index (κ3) is 5.30. The predicted octanol–water partition coefficient (Wildman–Crippen LogP) is 6.98. The van der Waals surface area contributed by atoms with Crippen molar-refractivity contribution in [1.29, 1.82) is 0 Å². The molecule has 33 heavy (non-hydrogen) atoms. The van der Waals surface area contributed by atoms with E-state index in [-0.39, 0.29) is 5.91 Å². The van der Waals surface area contributed by atoms with Crippen molar-refractivity contribution in [3.63, 3.8) is 0 Å². The molecule has 4 aromatic rings. The Labute approximate surface area is 206 Å². The second kappa shape index (κ2) is 10.3. The number of benzene rings is 3. The molecule has 168 valence electrons. The molecule has 0 atom stereocenters. The Bertz CT molecular complexity index is 1260. The smallest absolute Gasteiger partial charge is 0.260 e. The molecule has 0 saturated carbocycles. The van der Waals surface area contributed by atoms with Crippen LogP contribution in [0.2, 0.25) is 10.0 Å². The largest absolute Gasteiger partial charge is 0.497 e. The monoisotopic (exact) mass is 498 g/mol. The van der Waals surface area contributed by atoms with Crippen LogP contribution in [-0.2, 0) is 6.54 Å². The summed E-state index contributed by atoms with van der Waals surface area (Å²) < 4.78 is 10.7. The molecule has 0 aliphatic carbocycles. The zero-order valence-corrected chi connectivity index (χ0v) is 20.2. The number of amides is 1. The molecule has 0 bridgehead atoms. The normalized spacial score (nSPS) is 10.7. The molecule has 4 rings (SSSR count). The molecule has 0 aliphatic heterocycles. The third-order valence-electron chi connectivity index (χ3n) is 4.96. The molecule has 0 fully saturated rings. The number of nitrogens with zero attached hydrogens (tertiary/aromatic N) is 2. The fraction of sp³-hybridized carbons (Fsp3) is 0.120. The van der Waals surface area contributed by atoms with Gasteiger partial charge in [0.15, 0.2) is 5.13 Å². The first-order chi connectivity index (χ1) is 16.0. The predicted molar refractivity (Wildman–Crippen MR) is 134 cm³/mol. The molecule has 1 heterocycles. The summed E-state index contributed by atoms with van der Waals surface area (Å²) >= 11 is 13.8. The van der Waals surface area contributed by atoms with Gasteiger partial charge < -0.3 is 9.47 Å². The van der Waals surface area contributed by atoms with Crippen LogP contribution in [0.3, 0.4) is 0 Å². The Morgan fingerprint density at radius 2 is 1.67 bits per heavy atom. The number of methoxy groups -OCH3 is 2. The van der Waals surface area contributed by atoms with Crippen molar-refractivity contribution in [1.82, 2.24) is 4.98 Å². The molecule has 0 aliphatic rings. The average Bonchev–Trinajstić information content (AvgIpc) is 3.32. The standard InChI is InChI=1S/C25H20Cl2N2O3S/c1-31-19-10-17(11-20(13-19)32-2)24(30)29(14-16-6-4-3-5-7-16)25-28-23(15-33-25)21-9-8-18(26)12-22(21)27/h3-13,15H,14H2,1-2H3. The summed E-state index contributed by atoms with van der Waals surface area (Å²) in [5.41, 5.74) is 2.83. The molecule has 0 N–H and O–H groups in total. The molecule has 8 heteroatoms. The highest BCUT2D eigenvalue weighted by atomic mass is 35.5. The summed E-state index contributed by atoms with van der Waals surface area (Å²) in [6.07, 6.45) is 0. The number of hydrogen-bond acceptors (Lipinski definition) is 5. The van der Waals surface area contributed by atoms with Crippen molar-refractivity contribution >= 4 is 45.6 Å². The van der Waals surface area contributed by atoms with Gasteiger partial charge in [0.25, 0.3) is 5.91 Å². The highest BCUT2D eigenvalue weighted by Gasteiger charge is 2.23. The first kappa shape index (κ1) is 23.1. The minimum atomic E-state index is -0.223. The van der Waals surface area contributed by atoms with Gasteiger partial charge in [0.2, 0.25) is 0 Å². The van der Waals surface area contributed by atoms with Gasteiger partial charge in [-0.05, 0) is 35.9 Å². The van der Waals surface area contributed by atoms with E-state index in [2.05, 4.69) is 0 Å². The summed E-state index contributed by atoms with van der Waals surface area (Å²) in [6, 6.07) is 20.1. The van der Waals surface area contributed by atoms with Crippen molar-refractivity contribution in [3.8, 4) is 22.8 Å². The highest BCUT2D eigenvalue weighted by Crippen LogP contribution is 2.35. The summed E-state index contributed by atoms with van der Waals surface area (Å²) in [7, 11) is 3.10. The summed E-state index contributed by atoms with van der Waals surface area (Å²) in [5, 5.41) is 3.47. The van der Waals surface area contributed by atoms with E-state index in [9.17, 15) is 4.79 Å². The molecule has 0 unspecified atom stereocenters. The van der Waals surface area contributed by atoms with Crippen LogP contribution in [0, 0.1) is 0 Å². The van der Waals surface area contributed by atoms with Crippen LogP contribution in [0.4, 0.5) is 5.13 Å². The zero-order chi connectivity index (χ0) is 23.4. The maximum absolute atomic E-state index is 13.7. The number of ether oxygens (including phenoxy) is 2. The Hall–Kier alpha value is -3.06.